The average Bonchev–Trinajstić information content (AvgIpc) is 3.12. The molecule has 1 unspecified atom stereocenters. The van der Waals surface area contributed by atoms with E-state index in [1.807, 2.05) is 29.2 Å². The van der Waals surface area contributed by atoms with Gasteiger partial charge >= 0.3 is 0 Å². The lowest BCUT2D eigenvalue weighted by molar-refractivity contribution is -0.132. The number of pyridine rings is 2. The number of hydrogen-bond donors (Lipinski definition) is 0. The van der Waals surface area contributed by atoms with Gasteiger partial charge in [0.2, 0.25) is 5.91 Å². The van der Waals surface area contributed by atoms with E-state index in [-0.39, 0.29) is 5.91 Å². The van der Waals surface area contributed by atoms with Crippen LogP contribution in [0.2, 0.25) is 0 Å². The highest BCUT2D eigenvalue weighted by atomic mass is 16.2. The summed E-state index contributed by atoms with van der Waals surface area (Å²) in [6.45, 7) is 1.19. The molecule has 0 radical (unpaired) electrons. The van der Waals surface area contributed by atoms with Gasteiger partial charge < -0.3 is 4.90 Å². The summed E-state index contributed by atoms with van der Waals surface area (Å²) < 4.78 is 0. The van der Waals surface area contributed by atoms with Gasteiger partial charge in [0, 0.05) is 44.3 Å². The van der Waals surface area contributed by atoms with Crippen LogP contribution in [0.15, 0.2) is 73.3 Å². The summed E-state index contributed by atoms with van der Waals surface area (Å²) in [5.41, 5.74) is 4.93. The minimum absolute atomic E-state index is 0.199. The molecule has 4 heteroatoms. The molecule has 0 N–H and O–H groups in total. The first-order chi connectivity index (χ1) is 13.3. The summed E-state index contributed by atoms with van der Waals surface area (Å²) in [7, 11) is 0. The van der Waals surface area contributed by atoms with Crippen molar-refractivity contribution in [2.24, 2.45) is 0 Å². The van der Waals surface area contributed by atoms with E-state index in [1.165, 1.54) is 11.1 Å². The second-order valence-corrected chi connectivity index (χ2v) is 7.10. The predicted molar refractivity (Wildman–Crippen MR) is 105 cm³/mol. The monoisotopic (exact) mass is 357 g/mol. The van der Waals surface area contributed by atoms with Gasteiger partial charge in [-0.15, -0.1) is 0 Å². The van der Waals surface area contributed by atoms with Gasteiger partial charge in [-0.05, 0) is 65.3 Å². The van der Waals surface area contributed by atoms with E-state index < -0.39 is 0 Å². The van der Waals surface area contributed by atoms with Crippen LogP contribution in [0.5, 0.6) is 0 Å². The number of nitrogens with zero attached hydrogens (tertiary/aromatic N) is 3. The number of fused-ring (bicyclic) bond motifs is 1. The first kappa shape index (κ1) is 17.4. The zero-order chi connectivity index (χ0) is 18.5. The highest BCUT2D eigenvalue weighted by molar-refractivity contribution is 5.77. The van der Waals surface area contributed by atoms with Crippen LogP contribution >= 0.6 is 0 Å². The molecule has 1 aliphatic carbocycles. The van der Waals surface area contributed by atoms with Crippen molar-refractivity contribution in [3.05, 3.63) is 95.6 Å². The molecule has 2 aromatic heterocycles. The molecule has 4 nitrogen and oxygen atoms in total. The molecule has 1 amide bonds. The lowest BCUT2D eigenvalue weighted by Gasteiger charge is -2.25. The van der Waals surface area contributed by atoms with Crippen molar-refractivity contribution >= 4 is 5.91 Å². The van der Waals surface area contributed by atoms with Crippen molar-refractivity contribution in [3.8, 4) is 0 Å². The molecule has 1 aromatic carbocycles. The van der Waals surface area contributed by atoms with E-state index in [4.69, 9.17) is 0 Å². The molecule has 1 atom stereocenters. The molecule has 2 heterocycles. The van der Waals surface area contributed by atoms with E-state index in [9.17, 15) is 4.79 Å². The van der Waals surface area contributed by atoms with Crippen LogP contribution in [0.4, 0.5) is 0 Å². The lowest BCUT2D eigenvalue weighted by atomic mass is 9.97. The maximum Gasteiger partial charge on any atom is 0.223 e. The Labute approximate surface area is 159 Å². The second-order valence-electron chi connectivity index (χ2n) is 7.10. The average molecular weight is 357 g/mol. The number of hydrogen-bond acceptors (Lipinski definition) is 3. The lowest BCUT2D eigenvalue weighted by Crippen LogP contribution is -2.31. The Morgan fingerprint density at radius 2 is 1.48 bits per heavy atom. The Balaban J connectivity index is 1.51. The third-order valence-corrected chi connectivity index (χ3v) is 5.28. The Morgan fingerprint density at radius 1 is 0.889 bits per heavy atom. The molecule has 4 rings (SSSR count). The number of carbonyl (C=O) groups is 1. The zero-order valence-electron chi connectivity index (χ0n) is 15.3. The van der Waals surface area contributed by atoms with Crippen molar-refractivity contribution in [1.29, 1.82) is 0 Å². The van der Waals surface area contributed by atoms with Gasteiger partial charge in [0.1, 0.15) is 0 Å². The fraction of sp³-hybridized carbons (Fsp3) is 0.261. The molecule has 0 bridgehead atoms. The molecule has 136 valence electrons. The molecule has 0 aliphatic heterocycles. The Bertz CT molecular complexity index is 854. The van der Waals surface area contributed by atoms with Gasteiger partial charge in [-0.2, -0.15) is 0 Å². The summed E-state index contributed by atoms with van der Waals surface area (Å²) in [6.07, 6.45) is 9.80. The molecule has 1 aliphatic rings. The molecule has 27 heavy (non-hydrogen) atoms. The van der Waals surface area contributed by atoms with Crippen LogP contribution in [0.3, 0.4) is 0 Å². The maximum atomic E-state index is 13.2. The van der Waals surface area contributed by atoms with Crippen LogP contribution in [0.25, 0.3) is 0 Å². The van der Waals surface area contributed by atoms with Crippen molar-refractivity contribution < 1.29 is 4.79 Å². The number of rotatable bonds is 6. The molecular formula is C23H23N3O. The van der Waals surface area contributed by atoms with Crippen LogP contribution in [0.1, 0.15) is 41.0 Å². The van der Waals surface area contributed by atoms with E-state index in [0.29, 0.717) is 25.4 Å². The first-order valence-electron chi connectivity index (χ1n) is 9.43. The third-order valence-electron chi connectivity index (χ3n) is 5.28. The van der Waals surface area contributed by atoms with Gasteiger partial charge in [0.25, 0.3) is 0 Å². The van der Waals surface area contributed by atoms with E-state index >= 15 is 0 Å². The fourth-order valence-corrected chi connectivity index (χ4v) is 3.85. The molecular weight excluding hydrogens is 334 g/mol. The molecule has 0 spiro atoms. The van der Waals surface area contributed by atoms with Crippen molar-refractivity contribution in [2.75, 3.05) is 0 Å². The summed E-state index contributed by atoms with van der Waals surface area (Å²) in [4.78, 5) is 23.3. The van der Waals surface area contributed by atoms with Gasteiger partial charge in [-0.25, -0.2) is 0 Å². The van der Waals surface area contributed by atoms with Crippen molar-refractivity contribution in [1.82, 2.24) is 14.9 Å². The summed E-state index contributed by atoms with van der Waals surface area (Å²) >= 11 is 0. The normalized spacial score (nSPS) is 15.3. The second kappa shape index (κ2) is 8.12. The van der Waals surface area contributed by atoms with Crippen molar-refractivity contribution in [2.45, 2.75) is 38.3 Å². The van der Waals surface area contributed by atoms with Crippen molar-refractivity contribution in [3.63, 3.8) is 0 Å². The minimum atomic E-state index is 0.199. The number of benzene rings is 1. The van der Waals surface area contributed by atoms with Crippen LogP contribution in [0, 0.1) is 0 Å². The third kappa shape index (κ3) is 4.22. The Hall–Kier alpha value is -3.01. The fourth-order valence-electron chi connectivity index (χ4n) is 3.85. The van der Waals surface area contributed by atoms with Gasteiger partial charge in [-0.1, -0.05) is 24.3 Å². The summed E-state index contributed by atoms with van der Waals surface area (Å²) in [5, 5.41) is 0. The topological polar surface area (TPSA) is 46.1 Å². The van der Waals surface area contributed by atoms with Crippen LogP contribution < -0.4 is 0 Å². The maximum absolute atomic E-state index is 13.2. The Morgan fingerprint density at radius 3 is 2.11 bits per heavy atom. The van der Waals surface area contributed by atoms with Crippen LogP contribution in [-0.4, -0.2) is 20.8 Å². The smallest absolute Gasteiger partial charge is 0.223 e. The van der Waals surface area contributed by atoms with Gasteiger partial charge in [0.15, 0.2) is 0 Å². The summed E-state index contributed by atoms with van der Waals surface area (Å²) in [5.74, 6) is 0.524. The quantitative estimate of drug-likeness (QED) is 0.666. The Kier molecular flexibility index (Phi) is 5.24. The minimum Gasteiger partial charge on any atom is -0.334 e. The largest absolute Gasteiger partial charge is 0.334 e. The van der Waals surface area contributed by atoms with Crippen LogP contribution in [-0.2, 0) is 24.3 Å². The highest BCUT2D eigenvalue weighted by Gasteiger charge is 2.26. The number of aromatic nitrogens is 2. The van der Waals surface area contributed by atoms with E-state index in [0.717, 1.165) is 24.0 Å². The molecule has 3 aromatic rings. The first-order valence-corrected chi connectivity index (χ1v) is 9.43. The van der Waals surface area contributed by atoms with Gasteiger partial charge in [0.05, 0.1) is 0 Å². The van der Waals surface area contributed by atoms with E-state index in [2.05, 4.69) is 34.2 Å². The standard InChI is InChI=1S/C23H23N3O/c27-23(15-21-6-5-20-3-1-2-4-22(20)21)26(16-18-7-11-24-12-8-18)17-19-9-13-25-14-10-19/h1-4,7-14,21H,5-6,15-17H2. The number of aryl methyl sites for hydroxylation is 1. The summed E-state index contributed by atoms with van der Waals surface area (Å²) in [6, 6.07) is 16.4. The molecule has 0 saturated heterocycles. The SMILES string of the molecule is O=C(CC1CCc2ccccc21)N(Cc1ccncc1)Cc1ccncc1. The molecule has 0 saturated carbocycles. The number of amides is 1. The highest BCUT2D eigenvalue weighted by Crippen LogP contribution is 2.35. The van der Waals surface area contributed by atoms with E-state index in [1.54, 1.807) is 24.8 Å². The number of carbonyl (C=O) groups excluding carboxylic acids is 1. The van der Waals surface area contributed by atoms with Gasteiger partial charge in [-0.3, -0.25) is 14.8 Å². The zero-order valence-corrected chi connectivity index (χ0v) is 15.3. The molecule has 0 fully saturated rings. The predicted octanol–water partition coefficient (Wildman–Crippen LogP) is 4.13.